The number of carbonyl (C=O) groups is 1. The first-order chi connectivity index (χ1) is 26.8. The van der Waals surface area contributed by atoms with E-state index in [4.69, 9.17) is 24.7 Å². The maximum atomic E-state index is 17.2. The monoisotopic (exact) mass is 792 g/mol. The zero-order chi connectivity index (χ0) is 41.4. The van der Waals surface area contributed by atoms with Gasteiger partial charge in [-0.05, 0) is 84.5 Å². The van der Waals surface area contributed by atoms with Crippen molar-refractivity contribution in [2.24, 2.45) is 0 Å². The molecule has 0 aliphatic carbocycles. The van der Waals surface area contributed by atoms with E-state index in [0.717, 1.165) is 56.3 Å². The molecule has 0 unspecified atom stereocenters. The number of anilines is 2. The molecule has 2 saturated heterocycles. The molecule has 6 heterocycles. The van der Waals surface area contributed by atoms with Gasteiger partial charge in [-0.1, -0.05) is 13.8 Å². The van der Waals surface area contributed by atoms with Gasteiger partial charge in [0.05, 0.1) is 52.8 Å². The molecule has 0 atom stereocenters. The van der Waals surface area contributed by atoms with Crippen LogP contribution in [0.2, 0.25) is 0 Å². The predicted octanol–water partition coefficient (Wildman–Crippen LogP) is 8.17. The number of hydrogen-bond acceptors (Lipinski definition) is 13. The Morgan fingerprint density at radius 3 is 2.41 bits per heavy atom. The number of aliphatic hydroxyl groups excluding tert-OH is 1. The van der Waals surface area contributed by atoms with E-state index in [-0.39, 0.29) is 75.3 Å². The summed E-state index contributed by atoms with van der Waals surface area (Å²) in [6, 6.07) is 2.04. The Bertz CT molecular complexity index is 2130. The van der Waals surface area contributed by atoms with Crippen molar-refractivity contribution in [1.82, 2.24) is 19.9 Å². The SMILES string of the molecule is C#C.CC.CC(=N)CNc1nc(OCC23CCCN2CCC3)nc2c(F)c(-c3ncc(F)c4sc(NC(=O)OC(C)(C)C)c(C#N)c34)c3c(c12)COC3.CCO. The Labute approximate surface area is 330 Å². The first kappa shape index (κ1) is 43.7. The fourth-order valence-electron chi connectivity index (χ4n) is 7.18. The number of benzene rings is 1. The average Bonchev–Trinajstić information content (AvgIpc) is 3.96. The van der Waals surface area contributed by atoms with Crippen LogP contribution in [-0.4, -0.2) is 80.8 Å². The molecule has 1 aromatic carbocycles. The van der Waals surface area contributed by atoms with Crippen LogP contribution in [0.5, 0.6) is 6.01 Å². The Morgan fingerprint density at radius 1 is 1.16 bits per heavy atom. The highest BCUT2D eigenvalue weighted by Gasteiger charge is 2.45. The molecule has 3 aromatic heterocycles. The number of amides is 1. The lowest BCUT2D eigenvalue weighted by molar-refractivity contribution is 0.0636. The first-order valence-corrected chi connectivity index (χ1v) is 19.4. The summed E-state index contributed by atoms with van der Waals surface area (Å²) in [5, 5.41) is 32.0. The molecule has 0 spiro atoms. The third-order valence-corrected chi connectivity index (χ3v) is 10.3. The largest absolute Gasteiger partial charge is 0.461 e. The van der Waals surface area contributed by atoms with E-state index in [1.165, 1.54) is 0 Å². The Morgan fingerprint density at radius 2 is 1.80 bits per heavy atom. The Kier molecular flexibility index (Phi) is 14.6. The number of nitrogens with one attached hydrogen (secondary N) is 3. The summed E-state index contributed by atoms with van der Waals surface area (Å²) in [7, 11) is 0. The van der Waals surface area contributed by atoms with Crippen molar-refractivity contribution in [2.75, 3.05) is 43.5 Å². The predicted molar refractivity (Wildman–Crippen MR) is 215 cm³/mol. The molecule has 3 aliphatic heterocycles. The van der Waals surface area contributed by atoms with Crippen molar-refractivity contribution in [2.45, 2.75) is 98.5 Å². The summed E-state index contributed by atoms with van der Waals surface area (Å²) in [4.78, 5) is 28.7. The number of rotatable bonds is 8. The van der Waals surface area contributed by atoms with Crippen molar-refractivity contribution < 1.29 is 32.9 Å². The maximum absolute atomic E-state index is 17.2. The van der Waals surface area contributed by atoms with Crippen LogP contribution in [0.1, 0.15) is 90.8 Å². The van der Waals surface area contributed by atoms with E-state index in [9.17, 15) is 10.1 Å². The van der Waals surface area contributed by atoms with Crippen LogP contribution < -0.4 is 15.4 Å². The van der Waals surface area contributed by atoms with Crippen molar-refractivity contribution in [3.63, 3.8) is 0 Å². The van der Waals surface area contributed by atoms with Gasteiger partial charge in [0.15, 0.2) is 11.6 Å². The number of hydrogen-bond donors (Lipinski definition) is 4. The van der Waals surface area contributed by atoms with E-state index in [1.54, 1.807) is 34.6 Å². The minimum atomic E-state index is -0.820. The van der Waals surface area contributed by atoms with Crippen molar-refractivity contribution in [1.29, 1.82) is 10.7 Å². The van der Waals surface area contributed by atoms with Crippen LogP contribution in [0, 0.1) is 41.2 Å². The number of fused-ring (bicyclic) bond motifs is 5. The van der Waals surface area contributed by atoms with E-state index in [1.807, 2.05) is 13.8 Å². The van der Waals surface area contributed by atoms with E-state index < -0.39 is 23.3 Å². The minimum absolute atomic E-state index is 0.0104. The molecule has 300 valence electrons. The number of carbonyl (C=O) groups excluding carboxylic acids is 1. The topological polar surface area (TPSA) is 179 Å². The molecule has 0 saturated carbocycles. The van der Waals surface area contributed by atoms with Gasteiger partial charge in [-0.2, -0.15) is 15.2 Å². The van der Waals surface area contributed by atoms with Gasteiger partial charge in [0.2, 0.25) is 0 Å². The molecule has 56 heavy (non-hydrogen) atoms. The number of thiophene rings is 1. The van der Waals surface area contributed by atoms with E-state index in [2.05, 4.69) is 49.4 Å². The van der Waals surface area contributed by atoms with Gasteiger partial charge >= 0.3 is 12.1 Å². The van der Waals surface area contributed by atoms with Crippen LogP contribution in [-0.2, 0) is 22.7 Å². The summed E-state index contributed by atoms with van der Waals surface area (Å²) < 4.78 is 50.0. The number of aliphatic hydroxyl groups is 1. The lowest BCUT2D eigenvalue weighted by atomic mass is 9.93. The highest BCUT2D eigenvalue weighted by Crippen LogP contribution is 2.47. The fraction of sp³-hybridized carbons (Fsp3) is 0.500. The van der Waals surface area contributed by atoms with Gasteiger partial charge in [-0.15, -0.1) is 24.2 Å². The number of nitriles is 1. The van der Waals surface area contributed by atoms with Crippen molar-refractivity contribution in [3.05, 3.63) is 34.5 Å². The molecular formula is C40H50F2N8O5S. The second-order valence-corrected chi connectivity index (χ2v) is 15.1. The molecule has 0 radical (unpaired) electrons. The standard InChI is InChI=1S/C34H36F2N8O4S.C2H6O.C2H6.C2H2/c1-17(38)12-40-29-24-20-15-46-14-19(20)22(25(36)27(24)41-31(42-29)47-16-34-7-5-9-44(34)10-6-8-34)26-23-18(11-37)30(43-32(45)48-33(2,3)4)49-28(23)21(35)13-39-26;1-2-3;2*1-2/h13,38H,5-10,12,14-16H2,1-4H3,(H,43,45)(H,40,41,42);3H,2H2,1H3;1-2H3;1-2H. The Balaban J connectivity index is 0.000000936. The molecule has 7 rings (SSSR count). The summed E-state index contributed by atoms with van der Waals surface area (Å²) in [5.74, 6) is -1.19. The number of pyridine rings is 1. The quantitative estimate of drug-likeness (QED) is 0.0999. The molecule has 1 amide bonds. The molecule has 4 aromatic rings. The summed E-state index contributed by atoms with van der Waals surface area (Å²) in [5.41, 5.74) is 0.394. The number of nitrogens with zero attached hydrogens (tertiary/aromatic N) is 5. The first-order valence-electron chi connectivity index (χ1n) is 18.5. The second-order valence-electron chi connectivity index (χ2n) is 14.1. The molecule has 13 nitrogen and oxygen atoms in total. The second kappa shape index (κ2) is 18.8. The van der Waals surface area contributed by atoms with E-state index >= 15 is 8.78 Å². The normalized spacial score (nSPS) is 15.2. The third kappa shape index (κ3) is 9.00. The lowest BCUT2D eigenvalue weighted by Gasteiger charge is -2.31. The highest BCUT2D eigenvalue weighted by atomic mass is 32.1. The van der Waals surface area contributed by atoms with Crippen molar-refractivity contribution >= 4 is 54.9 Å². The van der Waals surface area contributed by atoms with Gasteiger partial charge < -0.3 is 30.0 Å². The fourth-order valence-corrected chi connectivity index (χ4v) is 8.22. The third-order valence-electron chi connectivity index (χ3n) is 9.21. The van der Waals surface area contributed by atoms with Gasteiger partial charge in [0.1, 0.15) is 34.6 Å². The number of terminal acetylenes is 1. The van der Waals surface area contributed by atoms with Crippen LogP contribution in [0.3, 0.4) is 0 Å². The summed E-state index contributed by atoms with van der Waals surface area (Å²) in [6.45, 7) is 15.4. The zero-order valence-electron chi connectivity index (χ0n) is 33.0. The van der Waals surface area contributed by atoms with Crippen LogP contribution in [0.4, 0.5) is 24.4 Å². The number of halogens is 2. The van der Waals surface area contributed by atoms with Gasteiger partial charge in [-0.25, -0.2) is 13.6 Å². The molecule has 16 heteroatoms. The summed E-state index contributed by atoms with van der Waals surface area (Å²) in [6.07, 6.45) is 12.3. The molecule has 0 bridgehead atoms. The van der Waals surface area contributed by atoms with Crippen molar-refractivity contribution in [3.8, 4) is 36.2 Å². The van der Waals surface area contributed by atoms with Crippen LogP contribution in [0.15, 0.2) is 6.20 Å². The number of aromatic nitrogens is 3. The van der Waals surface area contributed by atoms with Crippen LogP contribution in [0.25, 0.3) is 32.2 Å². The molecule has 4 N–H and O–H groups in total. The highest BCUT2D eigenvalue weighted by molar-refractivity contribution is 7.23. The van der Waals surface area contributed by atoms with Gasteiger partial charge in [0.25, 0.3) is 0 Å². The molecule has 2 fully saturated rings. The number of ether oxygens (including phenoxy) is 3. The van der Waals surface area contributed by atoms with Crippen LogP contribution >= 0.6 is 11.3 Å². The summed E-state index contributed by atoms with van der Waals surface area (Å²) >= 11 is 0.838. The van der Waals surface area contributed by atoms with Gasteiger partial charge in [0, 0.05) is 23.3 Å². The zero-order valence-corrected chi connectivity index (χ0v) is 33.8. The lowest BCUT2D eigenvalue weighted by Crippen LogP contribution is -2.43. The average molecular weight is 793 g/mol. The minimum Gasteiger partial charge on any atom is -0.461 e. The smallest absolute Gasteiger partial charge is 0.412 e. The molecule has 3 aliphatic rings. The molecular weight excluding hydrogens is 743 g/mol. The Hall–Kier alpha value is -5.00. The maximum Gasteiger partial charge on any atom is 0.412 e. The van der Waals surface area contributed by atoms with E-state index in [0.29, 0.717) is 34.6 Å². The van der Waals surface area contributed by atoms with Gasteiger partial charge in [-0.3, -0.25) is 15.2 Å².